The second kappa shape index (κ2) is 7.67. The van der Waals surface area contributed by atoms with Crippen molar-refractivity contribution in [1.29, 1.82) is 0 Å². The Bertz CT molecular complexity index is 1150. The van der Waals surface area contributed by atoms with Crippen LogP contribution in [0.3, 0.4) is 0 Å². The van der Waals surface area contributed by atoms with E-state index in [0.717, 1.165) is 16.8 Å². The van der Waals surface area contributed by atoms with Crippen LogP contribution >= 0.6 is 0 Å². The minimum absolute atomic E-state index is 0.380. The molecule has 29 heavy (non-hydrogen) atoms. The number of carbonyl (C=O) groups excluding carboxylic acids is 1. The van der Waals surface area contributed by atoms with Gasteiger partial charge in [0.2, 0.25) is 0 Å². The van der Waals surface area contributed by atoms with Crippen molar-refractivity contribution in [2.24, 2.45) is 7.05 Å². The Morgan fingerprint density at radius 1 is 1.07 bits per heavy atom. The quantitative estimate of drug-likeness (QED) is 0.488. The minimum atomic E-state index is -0.604. The number of aromatic nitrogens is 6. The highest BCUT2D eigenvalue weighted by Gasteiger charge is 2.24. The van der Waals surface area contributed by atoms with E-state index >= 15 is 0 Å². The minimum Gasteiger partial charge on any atom is -0.451 e. The molecule has 0 N–H and O–H groups in total. The van der Waals surface area contributed by atoms with E-state index in [9.17, 15) is 4.79 Å². The average Bonchev–Trinajstić information content (AvgIpc) is 3.35. The van der Waals surface area contributed by atoms with Crippen molar-refractivity contribution in [3.63, 3.8) is 0 Å². The Kier molecular flexibility index (Phi) is 4.90. The first-order chi connectivity index (χ1) is 14.0. The maximum Gasteiger partial charge on any atom is 0.342 e. The molecule has 0 amide bonds. The van der Waals surface area contributed by atoms with Crippen LogP contribution in [-0.4, -0.2) is 36.0 Å². The largest absolute Gasteiger partial charge is 0.451 e. The lowest BCUT2D eigenvalue weighted by Crippen LogP contribution is -2.13. The first-order valence-corrected chi connectivity index (χ1v) is 9.19. The number of rotatable bonds is 5. The van der Waals surface area contributed by atoms with Gasteiger partial charge in [-0.25, -0.2) is 14.2 Å². The highest BCUT2D eigenvalue weighted by Crippen LogP contribution is 2.28. The third-order valence-electron chi connectivity index (χ3n) is 4.66. The van der Waals surface area contributed by atoms with E-state index in [0.29, 0.717) is 17.1 Å². The number of aryl methyl sites for hydroxylation is 2. The van der Waals surface area contributed by atoms with Gasteiger partial charge < -0.3 is 4.74 Å². The van der Waals surface area contributed by atoms with E-state index in [2.05, 4.69) is 15.5 Å². The van der Waals surface area contributed by atoms with Crippen molar-refractivity contribution in [3.05, 3.63) is 77.7 Å². The van der Waals surface area contributed by atoms with E-state index in [1.54, 1.807) is 24.9 Å². The monoisotopic (exact) mass is 388 g/mol. The van der Waals surface area contributed by atoms with Crippen molar-refractivity contribution in [3.8, 4) is 16.9 Å². The fourth-order valence-corrected chi connectivity index (χ4v) is 3.13. The molecular formula is C21H20N6O2. The van der Waals surface area contributed by atoms with E-state index in [1.165, 1.54) is 4.68 Å². The van der Waals surface area contributed by atoms with Crippen molar-refractivity contribution in [2.75, 3.05) is 0 Å². The van der Waals surface area contributed by atoms with Gasteiger partial charge in [-0.2, -0.15) is 5.10 Å². The molecule has 1 atom stereocenters. The lowest BCUT2D eigenvalue weighted by molar-refractivity contribution is 0.0313. The summed E-state index contributed by atoms with van der Waals surface area (Å²) in [4.78, 5) is 13.1. The van der Waals surface area contributed by atoms with E-state index in [4.69, 9.17) is 9.84 Å². The molecule has 0 radical (unpaired) electrons. The fourth-order valence-electron chi connectivity index (χ4n) is 3.13. The second-order valence-corrected chi connectivity index (χ2v) is 6.69. The molecule has 1 unspecified atom stereocenters. The van der Waals surface area contributed by atoms with Crippen LogP contribution in [0.4, 0.5) is 0 Å². The zero-order valence-electron chi connectivity index (χ0n) is 16.4. The fraction of sp³-hybridized carbons (Fsp3) is 0.190. The number of carbonyl (C=O) groups is 1. The standard InChI is InChI=1S/C21H20N6O2/c1-14-9-7-8-12-17(14)19-18(13-27(23-19)16-10-5-4-6-11-16)21(28)29-15(2)20-22-24-25-26(20)3/h4-13,15H,1-3H3. The first kappa shape index (κ1) is 18.5. The molecule has 8 heteroatoms. The summed E-state index contributed by atoms with van der Waals surface area (Å²) in [5, 5.41) is 16.0. The van der Waals surface area contributed by atoms with Gasteiger partial charge in [0.05, 0.1) is 5.69 Å². The summed E-state index contributed by atoms with van der Waals surface area (Å²) in [6.45, 7) is 3.72. The van der Waals surface area contributed by atoms with Crippen LogP contribution in [0.1, 0.15) is 34.8 Å². The van der Waals surface area contributed by atoms with Crippen LogP contribution in [0.25, 0.3) is 16.9 Å². The van der Waals surface area contributed by atoms with Crippen LogP contribution < -0.4 is 0 Å². The summed E-state index contributed by atoms with van der Waals surface area (Å²) in [6.07, 6.45) is 1.09. The molecule has 2 aromatic heterocycles. The number of benzene rings is 2. The Morgan fingerprint density at radius 2 is 1.79 bits per heavy atom. The second-order valence-electron chi connectivity index (χ2n) is 6.69. The molecule has 2 heterocycles. The zero-order chi connectivity index (χ0) is 20.4. The van der Waals surface area contributed by atoms with Crippen molar-refractivity contribution < 1.29 is 9.53 Å². The van der Waals surface area contributed by atoms with Gasteiger partial charge in [-0.15, -0.1) is 5.10 Å². The molecule has 8 nitrogen and oxygen atoms in total. The molecule has 0 spiro atoms. The number of nitrogens with zero attached hydrogens (tertiary/aromatic N) is 6. The van der Waals surface area contributed by atoms with Crippen molar-refractivity contribution in [1.82, 2.24) is 30.0 Å². The molecule has 4 rings (SSSR count). The summed E-state index contributed by atoms with van der Waals surface area (Å²) in [5.74, 6) is -0.0211. The van der Waals surface area contributed by atoms with Gasteiger partial charge in [-0.1, -0.05) is 42.5 Å². The van der Waals surface area contributed by atoms with Crippen molar-refractivity contribution >= 4 is 5.97 Å². The summed E-state index contributed by atoms with van der Waals surface area (Å²) in [7, 11) is 1.70. The van der Waals surface area contributed by atoms with Gasteiger partial charge in [0.25, 0.3) is 0 Å². The van der Waals surface area contributed by atoms with E-state index in [-0.39, 0.29) is 0 Å². The highest BCUT2D eigenvalue weighted by molar-refractivity contribution is 5.96. The van der Waals surface area contributed by atoms with Gasteiger partial charge in [-0.3, -0.25) is 0 Å². The molecule has 0 aliphatic carbocycles. The van der Waals surface area contributed by atoms with E-state index < -0.39 is 12.1 Å². The average molecular weight is 388 g/mol. The van der Waals surface area contributed by atoms with Crippen LogP contribution in [0.15, 0.2) is 60.8 Å². The lowest BCUT2D eigenvalue weighted by Gasteiger charge is -2.11. The van der Waals surface area contributed by atoms with Gasteiger partial charge >= 0.3 is 5.97 Å². The smallest absolute Gasteiger partial charge is 0.342 e. The Morgan fingerprint density at radius 3 is 2.48 bits per heavy atom. The molecule has 0 aliphatic heterocycles. The molecule has 0 aliphatic rings. The van der Waals surface area contributed by atoms with E-state index in [1.807, 2.05) is 61.5 Å². The number of esters is 1. The van der Waals surface area contributed by atoms with Crippen LogP contribution in [-0.2, 0) is 11.8 Å². The third-order valence-corrected chi connectivity index (χ3v) is 4.66. The van der Waals surface area contributed by atoms with Gasteiger partial charge in [0, 0.05) is 18.8 Å². The summed E-state index contributed by atoms with van der Waals surface area (Å²) < 4.78 is 8.82. The molecule has 0 saturated heterocycles. The maximum absolute atomic E-state index is 13.1. The third kappa shape index (κ3) is 3.64. The van der Waals surface area contributed by atoms with Crippen LogP contribution in [0, 0.1) is 6.92 Å². The number of ether oxygens (including phenoxy) is 1. The topological polar surface area (TPSA) is 87.7 Å². The Balaban J connectivity index is 1.75. The normalized spacial score (nSPS) is 12.0. The summed E-state index contributed by atoms with van der Waals surface area (Å²) in [5.41, 5.74) is 3.70. The summed E-state index contributed by atoms with van der Waals surface area (Å²) in [6, 6.07) is 17.4. The highest BCUT2D eigenvalue weighted by atomic mass is 16.5. The van der Waals surface area contributed by atoms with Crippen LogP contribution in [0.2, 0.25) is 0 Å². The zero-order valence-corrected chi connectivity index (χ0v) is 16.4. The summed E-state index contributed by atoms with van der Waals surface area (Å²) >= 11 is 0. The molecule has 146 valence electrons. The molecule has 4 aromatic rings. The van der Waals surface area contributed by atoms with Crippen LogP contribution in [0.5, 0.6) is 0 Å². The molecular weight excluding hydrogens is 368 g/mol. The number of tetrazole rings is 1. The van der Waals surface area contributed by atoms with Gasteiger partial charge in [0.15, 0.2) is 11.9 Å². The SMILES string of the molecule is Cc1ccccc1-c1nn(-c2ccccc2)cc1C(=O)OC(C)c1nnnn1C. The van der Waals surface area contributed by atoms with Gasteiger partial charge in [0.1, 0.15) is 11.3 Å². The molecule has 0 saturated carbocycles. The molecule has 0 bridgehead atoms. The Labute approximate surface area is 167 Å². The maximum atomic E-state index is 13.1. The lowest BCUT2D eigenvalue weighted by atomic mass is 10.0. The first-order valence-electron chi connectivity index (χ1n) is 9.19. The predicted octanol–water partition coefficient (Wildman–Crippen LogP) is 3.29. The number of para-hydroxylation sites is 1. The van der Waals surface area contributed by atoms with Crippen molar-refractivity contribution in [2.45, 2.75) is 20.0 Å². The number of hydrogen-bond acceptors (Lipinski definition) is 6. The predicted molar refractivity (Wildman–Crippen MR) is 106 cm³/mol. The molecule has 0 fully saturated rings. The molecule has 2 aromatic carbocycles. The number of hydrogen-bond donors (Lipinski definition) is 0. The van der Waals surface area contributed by atoms with Gasteiger partial charge in [-0.05, 0) is 42.0 Å². The Hall–Kier alpha value is -3.81.